The molecule has 1 atom stereocenters. The van der Waals surface area contributed by atoms with Crippen molar-refractivity contribution in [1.82, 2.24) is 0 Å². The second-order valence-electron chi connectivity index (χ2n) is 2.92. The lowest BCUT2D eigenvalue weighted by atomic mass is 10.3. The van der Waals surface area contributed by atoms with E-state index in [2.05, 4.69) is 11.6 Å². The Balaban J connectivity index is 0.000000261. The highest BCUT2D eigenvalue weighted by Gasteiger charge is 2.20. The number of epoxide rings is 1. The van der Waals surface area contributed by atoms with E-state index in [1.54, 1.807) is 0 Å². The van der Waals surface area contributed by atoms with Gasteiger partial charge in [-0.15, -0.1) is 6.58 Å². The van der Waals surface area contributed by atoms with Gasteiger partial charge in [0.15, 0.2) is 0 Å². The van der Waals surface area contributed by atoms with Gasteiger partial charge in [0.2, 0.25) is 6.08 Å². The Labute approximate surface area is 73.1 Å². The van der Waals surface area contributed by atoms with Crippen LogP contribution in [0.15, 0.2) is 17.1 Å². The summed E-state index contributed by atoms with van der Waals surface area (Å²) in [6.45, 7) is 8.91. The van der Waals surface area contributed by atoms with Gasteiger partial charge in [-0.25, -0.2) is 9.79 Å². The third-order valence-corrected chi connectivity index (χ3v) is 1.03. The van der Waals surface area contributed by atoms with Crippen LogP contribution >= 0.6 is 0 Å². The summed E-state index contributed by atoms with van der Waals surface area (Å²) in [5, 5.41) is 0. The molecular weight excluding hydrogens is 154 g/mol. The molecular formula is C9H15NO2. The van der Waals surface area contributed by atoms with E-state index >= 15 is 0 Å². The van der Waals surface area contributed by atoms with Gasteiger partial charge in [0.05, 0.1) is 19.3 Å². The fourth-order valence-corrected chi connectivity index (χ4v) is 0.489. The summed E-state index contributed by atoms with van der Waals surface area (Å²) in [6.07, 6.45) is 2.72. The van der Waals surface area contributed by atoms with Crippen LogP contribution in [-0.2, 0) is 9.53 Å². The van der Waals surface area contributed by atoms with Crippen molar-refractivity contribution < 1.29 is 9.53 Å². The molecule has 0 radical (unpaired) electrons. The van der Waals surface area contributed by atoms with Crippen molar-refractivity contribution in [1.29, 1.82) is 0 Å². The molecule has 1 aliphatic heterocycles. The fraction of sp³-hybridized carbons (Fsp3) is 0.667. The lowest BCUT2D eigenvalue weighted by Gasteiger charge is -1.81. The Morgan fingerprint density at radius 1 is 1.75 bits per heavy atom. The number of allylic oxidation sites excluding steroid dienone is 1. The van der Waals surface area contributed by atoms with Gasteiger partial charge in [0.1, 0.15) is 0 Å². The van der Waals surface area contributed by atoms with Crippen molar-refractivity contribution in [2.75, 3.05) is 13.2 Å². The van der Waals surface area contributed by atoms with Crippen LogP contribution in [-0.4, -0.2) is 25.3 Å². The predicted molar refractivity (Wildman–Crippen MR) is 47.8 cm³/mol. The van der Waals surface area contributed by atoms with Gasteiger partial charge in [-0.1, -0.05) is 5.57 Å². The first-order valence-electron chi connectivity index (χ1n) is 3.94. The van der Waals surface area contributed by atoms with Crippen molar-refractivity contribution in [3.8, 4) is 0 Å². The van der Waals surface area contributed by atoms with Crippen LogP contribution in [0.1, 0.15) is 20.3 Å². The van der Waals surface area contributed by atoms with Gasteiger partial charge in [-0.2, -0.15) is 0 Å². The normalized spacial score (nSPS) is 18.3. The largest absolute Gasteiger partial charge is 0.373 e. The lowest BCUT2D eigenvalue weighted by Crippen LogP contribution is -1.87. The minimum absolute atomic E-state index is 0.382. The smallest absolute Gasteiger partial charge is 0.234 e. The molecule has 12 heavy (non-hydrogen) atoms. The summed E-state index contributed by atoms with van der Waals surface area (Å²) in [5.41, 5.74) is 1.17. The summed E-state index contributed by atoms with van der Waals surface area (Å²) < 4.78 is 4.87. The van der Waals surface area contributed by atoms with Gasteiger partial charge in [-0.05, 0) is 20.3 Å². The Kier molecular flexibility index (Phi) is 6.25. The van der Waals surface area contributed by atoms with Crippen molar-refractivity contribution in [2.24, 2.45) is 4.99 Å². The molecule has 68 valence electrons. The molecule has 3 heteroatoms. The minimum Gasteiger partial charge on any atom is -0.373 e. The molecule has 1 saturated heterocycles. The first-order valence-corrected chi connectivity index (χ1v) is 3.94. The molecule has 0 spiro atoms. The average Bonchev–Trinajstić information content (AvgIpc) is 2.70. The molecule has 0 aromatic rings. The summed E-state index contributed by atoms with van der Waals surface area (Å²) in [6, 6.07) is 0. The Morgan fingerprint density at radius 3 is 2.58 bits per heavy atom. The topological polar surface area (TPSA) is 42.0 Å². The Morgan fingerprint density at radius 2 is 2.25 bits per heavy atom. The van der Waals surface area contributed by atoms with Crippen LogP contribution in [0.3, 0.4) is 0 Å². The maximum atomic E-state index is 9.47. The number of aliphatic imine (C=N–C) groups is 1. The van der Waals surface area contributed by atoms with Crippen LogP contribution in [0.2, 0.25) is 0 Å². The zero-order valence-electron chi connectivity index (χ0n) is 7.67. The predicted octanol–water partition coefficient (Wildman–Crippen LogP) is 1.69. The molecule has 1 heterocycles. The zero-order chi connectivity index (χ0) is 9.40. The monoisotopic (exact) mass is 169 g/mol. The molecule has 0 N–H and O–H groups in total. The molecule has 0 saturated carbocycles. The third kappa shape index (κ3) is 11.8. The Bertz CT molecular complexity index is 175. The van der Waals surface area contributed by atoms with E-state index in [1.807, 2.05) is 13.8 Å². The van der Waals surface area contributed by atoms with Crippen LogP contribution < -0.4 is 0 Å². The quantitative estimate of drug-likeness (QED) is 0.279. The van der Waals surface area contributed by atoms with E-state index in [-0.39, 0.29) is 0 Å². The van der Waals surface area contributed by atoms with Crippen LogP contribution in [0.4, 0.5) is 0 Å². The molecule has 0 amide bonds. The van der Waals surface area contributed by atoms with Crippen molar-refractivity contribution >= 4 is 6.08 Å². The average molecular weight is 169 g/mol. The SMILES string of the molecule is C=C(C)C.O=C=NCCC1CO1. The van der Waals surface area contributed by atoms with Gasteiger partial charge >= 0.3 is 0 Å². The molecule has 0 aromatic carbocycles. The number of nitrogens with zero attached hydrogens (tertiary/aromatic N) is 1. The van der Waals surface area contributed by atoms with Gasteiger partial charge < -0.3 is 4.74 Å². The summed E-state index contributed by atoms with van der Waals surface area (Å²) in [7, 11) is 0. The van der Waals surface area contributed by atoms with Crippen molar-refractivity contribution in [3.05, 3.63) is 12.2 Å². The van der Waals surface area contributed by atoms with E-state index < -0.39 is 0 Å². The standard InChI is InChI=1S/C5H7NO2.C4H8/c7-4-6-2-1-5-3-8-5;1-4(2)3/h5H,1-3H2;1H2,2-3H3. The van der Waals surface area contributed by atoms with Crippen molar-refractivity contribution in [3.63, 3.8) is 0 Å². The highest BCUT2D eigenvalue weighted by Crippen LogP contribution is 2.12. The third-order valence-electron chi connectivity index (χ3n) is 1.03. The molecule has 0 bridgehead atoms. The molecule has 0 aromatic heterocycles. The van der Waals surface area contributed by atoms with Gasteiger partial charge in [-0.3, -0.25) is 0 Å². The van der Waals surface area contributed by atoms with Crippen molar-refractivity contribution in [2.45, 2.75) is 26.4 Å². The first-order chi connectivity index (χ1) is 5.66. The molecule has 1 rings (SSSR count). The van der Waals surface area contributed by atoms with Crippen LogP contribution in [0, 0.1) is 0 Å². The number of rotatable bonds is 3. The van der Waals surface area contributed by atoms with Crippen LogP contribution in [0.25, 0.3) is 0 Å². The van der Waals surface area contributed by atoms with E-state index in [0.29, 0.717) is 12.6 Å². The fourth-order valence-electron chi connectivity index (χ4n) is 0.489. The van der Waals surface area contributed by atoms with Crippen LogP contribution in [0.5, 0.6) is 0 Å². The van der Waals surface area contributed by atoms with Gasteiger partial charge in [0.25, 0.3) is 0 Å². The molecule has 3 nitrogen and oxygen atoms in total. The molecule has 0 aliphatic carbocycles. The minimum atomic E-state index is 0.382. The maximum absolute atomic E-state index is 9.47. The summed E-state index contributed by atoms with van der Waals surface area (Å²) >= 11 is 0. The molecule has 1 fully saturated rings. The lowest BCUT2D eigenvalue weighted by molar-refractivity contribution is 0.399. The van der Waals surface area contributed by atoms with E-state index in [1.165, 1.54) is 11.7 Å². The number of ether oxygens (including phenoxy) is 1. The zero-order valence-corrected chi connectivity index (χ0v) is 7.67. The van der Waals surface area contributed by atoms with E-state index in [4.69, 9.17) is 4.74 Å². The number of hydrogen-bond donors (Lipinski definition) is 0. The summed E-state index contributed by atoms with van der Waals surface area (Å²) in [5.74, 6) is 0. The molecule has 1 unspecified atom stereocenters. The Hall–Kier alpha value is -0.920. The number of carbonyl (C=O) groups excluding carboxylic acids is 1. The van der Waals surface area contributed by atoms with E-state index in [0.717, 1.165) is 13.0 Å². The maximum Gasteiger partial charge on any atom is 0.234 e. The van der Waals surface area contributed by atoms with E-state index in [9.17, 15) is 4.79 Å². The highest BCUT2D eigenvalue weighted by molar-refractivity contribution is 5.32. The first kappa shape index (κ1) is 11.1. The number of hydrogen-bond acceptors (Lipinski definition) is 3. The number of isocyanates is 1. The second-order valence-corrected chi connectivity index (χ2v) is 2.92. The molecule has 1 aliphatic rings. The van der Waals surface area contributed by atoms with Gasteiger partial charge in [0, 0.05) is 0 Å². The summed E-state index contributed by atoms with van der Waals surface area (Å²) in [4.78, 5) is 12.8. The highest BCUT2D eigenvalue weighted by atomic mass is 16.6. The second kappa shape index (κ2) is 6.77.